The molecule has 0 aliphatic carbocycles. The molecule has 0 saturated carbocycles. The normalized spacial score (nSPS) is 12.8. The first kappa shape index (κ1) is 25.5. The van der Waals surface area contributed by atoms with Crippen molar-refractivity contribution in [1.29, 1.82) is 5.41 Å². The molecule has 1 aliphatic rings. The summed E-state index contributed by atoms with van der Waals surface area (Å²) in [5, 5.41) is 11.0. The number of nitrogens with two attached hydrogens (primary N) is 1. The molecule has 8 heteroatoms. The minimum Gasteiger partial charge on any atom is -0.469 e. The first-order valence-electron chi connectivity index (χ1n) is 10.9. The van der Waals surface area contributed by atoms with Crippen LogP contribution >= 0.6 is 12.4 Å². The zero-order valence-electron chi connectivity index (χ0n) is 19.3. The number of hydrogen-bond donors (Lipinski definition) is 3. The molecule has 1 heterocycles. The van der Waals surface area contributed by atoms with E-state index in [-0.39, 0.29) is 30.1 Å². The fourth-order valence-electron chi connectivity index (χ4n) is 3.88. The monoisotopic (exact) mass is 490 g/mol. The van der Waals surface area contributed by atoms with E-state index in [0.717, 1.165) is 28.2 Å². The van der Waals surface area contributed by atoms with Gasteiger partial charge in [-0.25, -0.2) is 0 Å². The first-order chi connectivity index (χ1) is 16.5. The molecule has 0 saturated heterocycles. The number of amides is 1. The maximum Gasteiger partial charge on any atom is 0.305 e. The lowest BCUT2D eigenvalue weighted by Crippen LogP contribution is -2.27. The number of carbonyl (C=O) groups excluding carboxylic acids is 2. The van der Waals surface area contributed by atoms with E-state index in [9.17, 15) is 9.59 Å². The molecule has 1 aliphatic heterocycles. The molecule has 0 spiro atoms. The Hall–Kier alpha value is -4.10. The van der Waals surface area contributed by atoms with Gasteiger partial charge in [-0.05, 0) is 53.9 Å². The number of methoxy groups -OCH3 is 1. The average Bonchev–Trinajstić information content (AvgIpc) is 3.18. The Balaban J connectivity index is 0.00000342. The number of benzene rings is 3. The van der Waals surface area contributed by atoms with Gasteiger partial charge in [-0.2, -0.15) is 0 Å². The maximum atomic E-state index is 13.6. The number of nitrogen functional groups attached to an aromatic ring is 1. The molecule has 0 atom stereocenters. The molecule has 1 amide bonds. The molecule has 35 heavy (non-hydrogen) atoms. The third-order valence-electron chi connectivity index (χ3n) is 5.72. The van der Waals surface area contributed by atoms with Crippen LogP contribution in [0.1, 0.15) is 23.1 Å². The van der Waals surface area contributed by atoms with Gasteiger partial charge in [0.1, 0.15) is 5.84 Å². The van der Waals surface area contributed by atoms with Crippen LogP contribution in [0.2, 0.25) is 0 Å². The summed E-state index contributed by atoms with van der Waals surface area (Å²) in [6.45, 7) is 0.382. The summed E-state index contributed by atoms with van der Waals surface area (Å²) in [6, 6.07) is 24.5. The number of amidine groups is 1. The van der Waals surface area contributed by atoms with Crippen LogP contribution in [0, 0.1) is 5.41 Å². The molecular formula is C27H27ClN4O3. The molecule has 180 valence electrons. The Kier molecular flexibility index (Phi) is 8.28. The minimum absolute atomic E-state index is 0. The fraction of sp³-hybridized carbons (Fsp3) is 0.148. The van der Waals surface area contributed by atoms with E-state index in [1.54, 1.807) is 29.2 Å². The summed E-state index contributed by atoms with van der Waals surface area (Å²) in [5.74, 6) is -0.383. The fourth-order valence-corrected chi connectivity index (χ4v) is 3.88. The molecule has 4 N–H and O–H groups in total. The van der Waals surface area contributed by atoms with Crippen LogP contribution in [0.25, 0.3) is 5.57 Å². The van der Waals surface area contributed by atoms with Crippen molar-refractivity contribution in [3.05, 3.63) is 101 Å². The zero-order chi connectivity index (χ0) is 24.1. The number of rotatable bonds is 8. The number of anilines is 2. The summed E-state index contributed by atoms with van der Waals surface area (Å²) >= 11 is 0. The van der Waals surface area contributed by atoms with Gasteiger partial charge in [-0.3, -0.25) is 15.0 Å². The summed E-state index contributed by atoms with van der Waals surface area (Å²) in [4.78, 5) is 26.7. The third kappa shape index (κ3) is 5.88. The number of ether oxygens (including phenoxy) is 1. The number of halogens is 1. The van der Waals surface area contributed by atoms with Crippen molar-refractivity contribution in [1.82, 2.24) is 0 Å². The van der Waals surface area contributed by atoms with Crippen molar-refractivity contribution >= 4 is 47.1 Å². The van der Waals surface area contributed by atoms with Crippen LogP contribution in [0.3, 0.4) is 0 Å². The summed E-state index contributed by atoms with van der Waals surface area (Å²) in [6.07, 6.45) is 0.881. The van der Waals surface area contributed by atoms with Crippen molar-refractivity contribution in [3.63, 3.8) is 0 Å². The van der Waals surface area contributed by atoms with E-state index in [4.69, 9.17) is 15.9 Å². The van der Waals surface area contributed by atoms with Crippen LogP contribution in [-0.4, -0.2) is 31.4 Å². The van der Waals surface area contributed by atoms with E-state index >= 15 is 0 Å². The molecule has 0 unspecified atom stereocenters. The molecule has 4 rings (SSSR count). The molecule has 0 bridgehead atoms. The van der Waals surface area contributed by atoms with Crippen LogP contribution in [0.4, 0.5) is 11.4 Å². The minimum atomic E-state index is -0.251. The highest BCUT2D eigenvalue weighted by molar-refractivity contribution is 6.30. The van der Waals surface area contributed by atoms with Gasteiger partial charge in [0, 0.05) is 29.1 Å². The standard InChI is InChI=1S/C27H26N4O3.ClH/c1-34-24(32)16-9-18-7-10-19(11-8-18)25-23(30-21-5-3-2-4-6-21)17-31(27(25)33)22-14-12-20(13-15-22)26(28)29;/h2-8,10-15,30H,9,16-17H2,1H3,(H3,28,29);1H. The predicted molar refractivity (Wildman–Crippen MR) is 141 cm³/mol. The third-order valence-corrected chi connectivity index (χ3v) is 5.72. The van der Waals surface area contributed by atoms with Crippen LogP contribution < -0.4 is 16.0 Å². The second kappa shape index (κ2) is 11.4. The van der Waals surface area contributed by atoms with Crippen molar-refractivity contribution in [3.8, 4) is 0 Å². The van der Waals surface area contributed by atoms with Gasteiger partial charge < -0.3 is 20.7 Å². The van der Waals surface area contributed by atoms with E-state index in [2.05, 4.69) is 5.32 Å². The molecule has 7 nitrogen and oxygen atoms in total. The largest absolute Gasteiger partial charge is 0.469 e. The van der Waals surface area contributed by atoms with Crippen molar-refractivity contribution in [2.75, 3.05) is 23.9 Å². The highest BCUT2D eigenvalue weighted by atomic mass is 35.5. The lowest BCUT2D eigenvalue weighted by atomic mass is 10.0. The Labute approximate surface area is 210 Å². The van der Waals surface area contributed by atoms with Crippen molar-refractivity contribution in [2.45, 2.75) is 12.8 Å². The van der Waals surface area contributed by atoms with Gasteiger partial charge in [-0.15, -0.1) is 12.4 Å². The van der Waals surface area contributed by atoms with E-state index in [0.29, 0.717) is 30.5 Å². The lowest BCUT2D eigenvalue weighted by molar-refractivity contribution is -0.140. The molecular weight excluding hydrogens is 464 g/mol. The second-order valence-electron chi connectivity index (χ2n) is 7.97. The highest BCUT2D eigenvalue weighted by Gasteiger charge is 2.32. The van der Waals surface area contributed by atoms with E-state index < -0.39 is 0 Å². The molecule has 0 aromatic heterocycles. The van der Waals surface area contributed by atoms with Crippen molar-refractivity contribution < 1.29 is 14.3 Å². The quantitative estimate of drug-likeness (QED) is 0.247. The number of aryl methyl sites for hydroxylation is 1. The Morgan fingerprint density at radius 3 is 2.29 bits per heavy atom. The lowest BCUT2D eigenvalue weighted by Gasteiger charge is -2.17. The highest BCUT2D eigenvalue weighted by Crippen LogP contribution is 2.33. The number of nitrogens with zero attached hydrogens (tertiary/aromatic N) is 1. The Morgan fingerprint density at radius 2 is 1.69 bits per heavy atom. The van der Waals surface area contributed by atoms with Crippen LogP contribution in [0.15, 0.2) is 84.6 Å². The van der Waals surface area contributed by atoms with Gasteiger partial charge in [0.2, 0.25) is 0 Å². The van der Waals surface area contributed by atoms with E-state index in [1.807, 2.05) is 54.6 Å². The predicted octanol–water partition coefficient (Wildman–Crippen LogP) is 4.37. The molecule has 3 aromatic rings. The summed E-state index contributed by atoms with van der Waals surface area (Å²) in [7, 11) is 1.38. The molecule has 3 aromatic carbocycles. The van der Waals surface area contributed by atoms with Gasteiger partial charge >= 0.3 is 5.97 Å². The van der Waals surface area contributed by atoms with Gasteiger partial charge in [-0.1, -0.05) is 42.5 Å². The number of para-hydroxylation sites is 1. The average molecular weight is 491 g/mol. The zero-order valence-corrected chi connectivity index (χ0v) is 20.1. The number of esters is 1. The number of carbonyl (C=O) groups is 2. The summed E-state index contributed by atoms with van der Waals surface area (Å²) in [5.41, 5.74) is 11.0. The van der Waals surface area contributed by atoms with Gasteiger partial charge in [0.25, 0.3) is 5.91 Å². The van der Waals surface area contributed by atoms with E-state index in [1.165, 1.54) is 7.11 Å². The second-order valence-corrected chi connectivity index (χ2v) is 7.97. The Morgan fingerprint density at radius 1 is 1.03 bits per heavy atom. The van der Waals surface area contributed by atoms with Crippen molar-refractivity contribution in [2.24, 2.45) is 5.73 Å². The smallest absolute Gasteiger partial charge is 0.305 e. The Bertz CT molecular complexity index is 1240. The number of hydrogen-bond acceptors (Lipinski definition) is 5. The summed E-state index contributed by atoms with van der Waals surface area (Å²) < 4.78 is 4.71. The van der Waals surface area contributed by atoms with Crippen LogP contribution in [-0.2, 0) is 20.7 Å². The SMILES string of the molecule is COC(=O)CCc1ccc(C2=C(Nc3ccccc3)CN(c3ccc(C(=N)N)cc3)C2=O)cc1.Cl. The maximum absolute atomic E-state index is 13.6. The van der Waals surface area contributed by atoms with Gasteiger partial charge in [0.05, 0.1) is 19.2 Å². The van der Waals surface area contributed by atoms with Gasteiger partial charge in [0.15, 0.2) is 0 Å². The van der Waals surface area contributed by atoms with Crippen LogP contribution in [0.5, 0.6) is 0 Å². The first-order valence-corrected chi connectivity index (χ1v) is 10.9. The molecule has 0 radical (unpaired) electrons. The molecule has 0 fully saturated rings. The topological polar surface area (TPSA) is 109 Å². The number of nitrogens with one attached hydrogen (secondary N) is 2.